The molecule has 0 spiro atoms. The molecule has 256 valence electrons. The third kappa shape index (κ3) is 9.93. The Bertz CT molecular complexity index is 1680. The zero-order valence-corrected chi connectivity index (χ0v) is 29.1. The van der Waals surface area contributed by atoms with E-state index in [1.807, 2.05) is 20.8 Å². The quantitative estimate of drug-likeness (QED) is 0.116. The van der Waals surface area contributed by atoms with Gasteiger partial charge in [0.1, 0.15) is 28.7 Å². The molecule has 1 amide bonds. The first kappa shape index (κ1) is 37.3. The number of hydrogen-bond donors (Lipinski definition) is 2. The number of hydrogen-bond acceptors (Lipinski definition) is 10. The number of nitrogens with zero attached hydrogens (tertiary/aromatic N) is 2. The number of aromatic nitrogens is 1. The minimum absolute atomic E-state index is 0.0417. The Morgan fingerprint density at radius 3 is 2.47 bits per heavy atom. The summed E-state index contributed by atoms with van der Waals surface area (Å²) in [6, 6.07) is 2.20. The summed E-state index contributed by atoms with van der Waals surface area (Å²) < 4.78 is 38.0. The van der Waals surface area contributed by atoms with Crippen LogP contribution in [0.1, 0.15) is 91.2 Å². The molecule has 3 rings (SSSR count). The van der Waals surface area contributed by atoms with Crippen molar-refractivity contribution in [2.75, 3.05) is 19.4 Å². The molecule has 12 nitrogen and oxygen atoms in total. The number of ketones is 2. The van der Waals surface area contributed by atoms with Gasteiger partial charge < -0.3 is 25.3 Å². The van der Waals surface area contributed by atoms with Gasteiger partial charge in [-0.3, -0.25) is 19.6 Å². The van der Waals surface area contributed by atoms with E-state index >= 15 is 0 Å². The standard InChI is InChI=1S/C34H46N4O8S/c1-20(39)10-13-30(41)38-27(28(40)12-11-25-17-24(14-16-36-25)33(42)45-7)9-8-15-37-29(35)19-47(43,44)32-22(3)21(2)31-26(23(32)4)18-34(5,6)46-31/h14,16-17,27H,8-13,15,18-19H2,1-7H3,(H2,35,37)(H,38,41)/t27-/m0/s1. The molecule has 3 N–H and O–H groups in total. The fourth-order valence-corrected chi connectivity index (χ4v) is 7.53. The summed E-state index contributed by atoms with van der Waals surface area (Å²) in [6.45, 7) is 10.9. The molecule has 0 aliphatic carbocycles. The average Bonchev–Trinajstić information content (AvgIpc) is 3.34. The molecule has 0 unspecified atom stereocenters. The first-order valence-corrected chi connectivity index (χ1v) is 17.3. The predicted molar refractivity (Wildman–Crippen MR) is 178 cm³/mol. The Morgan fingerprint density at radius 1 is 1.11 bits per heavy atom. The van der Waals surface area contributed by atoms with Crippen LogP contribution in [0.25, 0.3) is 0 Å². The number of fused-ring (bicyclic) bond motifs is 1. The number of amidine groups is 1. The van der Waals surface area contributed by atoms with Gasteiger partial charge in [-0.2, -0.15) is 0 Å². The third-order valence-corrected chi connectivity index (χ3v) is 10.1. The number of nitrogens with two attached hydrogens (primary N) is 1. The van der Waals surface area contributed by atoms with E-state index in [9.17, 15) is 27.6 Å². The van der Waals surface area contributed by atoms with E-state index < -0.39 is 39.1 Å². The topological polar surface area (TPSA) is 184 Å². The Morgan fingerprint density at radius 2 is 1.81 bits per heavy atom. The lowest BCUT2D eigenvalue weighted by molar-refractivity contribution is -0.129. The second-order valence-corrected chi connectivity index (χ2v) is 14.6. The second-order valence-electron chi connectivity index (χ2n) is 12.6. The van der Waals surface area contributed by atoms with Crippen LogP contribution in [0.4, 0.5) is 0 Å². The van der Waals surface area contributed by atoms with E-state index in [4.69, 9.17) is 15.2 Å². The molecular weight excluding hydrogens is 624 g/mol. The Kier molecular flexibility index (Phi) is 12.4. The molecule has 2 aromatic rings. The number of aryl methyl sites for hydroxylation is 1. The van der Waals surface area contributed by atoms with E-state index in [1.54, 1.807) is 19.9 Å². The lowest BCUT2D eigenvalue weighted by Crippen LogP contribution is -2.41. The van der Waals surface area contributed by atoms with Gasteiger partial charge in [0.2, 0.25) is 5.91 Å². The number of carbonyl (C=O) groups excluding carboxylic acids is 4. The van der Waals surface area contributed by atoms with Crippen LogP contribution in [0, 0.1) is 20.8 Å². The summed E-state index contributed by atoms with van der Waals surface area (Å²) in [7, 11) is -2.55. The van der Waals surface area contributed by atoms with Gasteiger partial charge in [-0.15, -0.1) is 0 Å². The molecule has 1 atom stereocenters. The lowest BCUT2D eigenvalue weighted by atomic mass is 9.94. The van der Waals surface area contributed by atoms with Crippen molar-refractivity contribution in [3.05, 3.63) is 51.8 Å². The molecule has 13 heteroatoms. The highest BCUT2D eigenvalue weighted by Gasteiger charge is 2.36. The summed E-state index contributed by atoms with van der Waals surface area (Å²) in [5.74, 6) is -1.11. The molecule has 0 fully saturated rings. The van der Waals surface area contributed by atoms with E-state index in [2.05, 4.69) is 15.3 Å². The van der Waals surface area contributed by atoms with Gasteiger partial charge in [-0.25, -0.2) is 13.2 Å². The summed E-state index contributed by atoms with van der Waals surface area (Å²) in [5.41, 5.74) is 9.48. The number of methoxy groups -OCH3 is 1. The molecule has 1 aromatic carbocycles. The predicted octanol–water partition coefficient (Wildman–Crippen LogP) is 3.47. The van der Waals surface area contributed by atoms with Gasteiger partial charge in [0.05, 0.1) is 23.6 Å². The Balaban J connectivity index is 1.67. The van der Waals surface area contributed by atoms with Crippen LogP contribution < -0.4 is 15.8 Å². The smallest absolute Gasteiger partial charge is 0.337 e. The number of ether oxygens (including phenoxy) is 2. The Labute approximate surface area is 276 Å². The van der Waals surface area contributed by atoms with Crippen molar-refractivity contribution in [3.63, 3.8) is 0 Å². The number of benzene rings is 1. The number of aliphatic imine (C=N–C) groups is 1. The number of Topliss-reactive ketones (excluding diaryl/α,β-unsaturated/α-hetero) is 2. The van der Waals surface area contributed by atoms with Gasteiger partial charge in [-0.05, 0) is 89.6 Å². The first-order valence-electron chi connectivity index (χ1n) is 15.6. The summed E-state index contributed by atoms with van der Waals surface area (Å²) >= 11 is 0. The highest BCUT2D eigenvalue weighted by atomic mass is 32.2. The van der Waals surface area contributed by atoms with E-state index in [0.29, 0.717) is 35.2 Å². The first-order chi connectivity index (χ1) is 22.0. The van der Waals surface area contributed by atoms with Gasteiger partial charge in [0, 0.05) is 49.7 Å². The maximum atomic E-state index is 13.6. The molecule has 47 heavy (non-hydrogen) atoms. The lowest BCUT2D eigenvalue weighted by Gasteiger charge is -2.19. The average molecular weight is 671 g/mol. The highest BCUT2D eigenvalue weighted by molar-refractivity contribution is 7.92. The molecule has 0 bridgehead atoms. The van der Waals surface area contributed by atoms with Crippen molar-refractivity contribution in [2.45, 2.75) is 103 Å². The fraction of sp³-hybridized carbons (Fsp3) is 0.529. The van der Waals surface area contributed by atoms with Gasteiger partial charge in [0.15, 0.2) is 15.6 Å². The largest absolute Gasteiger partial charge is 0.487 e. The van der Waals surface area contributed by atoms with E-state index in [1.165, 1.54) is 26.3 Å². The number of nitrogens with one attached hydrogen (secondary N) is 1. The third-order valence-electron chi connectivity index (χ3n) is 8.20. The number of pyridine rings is 1. The van der Waals surface area contributed by atoms with Crippen molar-refractivity contribution in [1.29, 1.82) is 0 Å². The monoisotopic (exact) mass is 670 g/mol. The van der Waals surface area contributed by atoms with E-state index in [-0.39, 0.29) is 60.9 Å². The fourth-order valence-electron chi connectivity index (χ4n) is 5.70. The van der Waals surface area contributed by atoms with Crippen molar-refractivity contribution >= 4 is 39.1 Å². The van der Waals surface area contributed by atoms with Crippen LogP contribution in [0.5, 0.6) is 5.75 Å². The molecule has 1 aromatic heterocycles. The number of esters is 1. The minimum atomic E-state index is -3.83. The maximum absolute atomic E-state index is 13.6. The number of carbonyl (C=O) groups is 4. The second kappa shape index (κ2) is 15.6. The summed E-state index contributed by atoms with van der Waals surface area (Å²) in [5, 5.41) is 2.72. The molecule has 0 saturated carbocycles. The maximum Gasteiger partial charge on any atom is 0.337 e. The Hall–Kier alpha value is -4.13. The number of amides is 1. The molecule has 0 radical (unpaired) electrons. The van der Waals surface area contributed by atoms with Gasteiger partial charge >= 0.3 is 5.97 Å². The van der Waals surface area contributed by atoms with Crippen LogP contribution in [-0.4, -0.2) is 73.7 Å². The van der Waals surface area contributed by atoms with Crippen LogP contribution in [-0.2, 0) is 41.8 Å². The van der Waals surface area contributed by atoms with Gasteiger partial charge in [-0.1, -0.05) is 0 Å². The minimum Gasteiger partial charge on any atom is -0.487 e. The zero-order chi connectivity index (χ0) is 35.1. The molecule has 2 heterocycles. The van der Waals surface area contributed by atoms with Crippen molar-refractivity contribution in [3.8, 4) is 5.75 Å². The van der Waals surface area contributed by atoms with Gasteiger partial charge in [0.25, 0.3) is 0 Å². The number of sulfone groups is 1. The van der Waals surface area contributed by atoms with Crippen molar-refractivity contribution < 1.29 is 37.1 Å². The molecule has 1 aliphatic heterocycles. The van der Waals surface area contributed by atoms with Crippen molar-refractivity contribution in [2.24, 2.45) is 10.7 Å². The normalized spacial score (nSPS) is 14.6. The molecule has 1 aliphatic rings. The van der Waals surface area contributed by atoms with Crippen LogP contribution in [0.3, 0.4) is 0 Å². The SMILES string of the molecule is COC(=O)c1ccnc(CCC(=O)[C@H](CCCN=C(N)CS(=O)(=O)c2c(C)c(C)c3c(c2C)CC(C)(C)O3)NC(=O)CCC(C)=O)c1. The highest BCUT2D eigenvalue weighted by Crippen LogP contribution is 2.44. The van der Waals surface area contributed by atoms with Crippen LogP contribution in [0.15, 0.2) is 28.2 Å². The zero-order valence-electron chi connectivity index (χ0n) is 28.3. The summed E-state index contributed by atoms with van der Waals surface area (Å²) in [6.07, 6.45) is 2.90. The van der Waals surface area contributed by atoms with Crippen LogP contribution in [0.2, 0.25) is 0 Å². The molecule has 0 saturated heterocycles. The van der Waals surface area contributed by atoms with Crippen LogP contribution >= 0.6 is 0 Å². The van der Waals surface area contributed by atoms with E-state index in [0.717, 1.165) is 16.9 Å². The van der Waals surface area contributed by atoms with Crippen molar-refractivity contribution in [1.82, 2.24) is 10.3 Å². The number of rotatable bonds is 16. The molecular formula is C34H46N4O8S. The summed E-state index contributed by atoms with van der Waals surface area (Å²) in [4.78, 5) is 57.6.